The highest BCUT2D eigenvalue weighted by atomic mass is 35.5. The van der Waals surface area contributed by atoms with E-state index in [9.17, 15) is 18.0 Å². The predicted octanol–water partition coefficient (Wildman–Crippen LogP) is 6.18. The van der Waals surface area contributed by atoms with Crippen molar-refractivity contribution in [2.45, 2.75) is 77.9 Å². The van der Waals surface area contributed by atoms with E-state index in [1.165, 1.54) is 17.0 Å². The van der Waals surface area contributed by atoms with Gasteiger partial charge in [-0.05, 0) is 81.5 Å². The van der Waals surface area contributed by atoms with Crippen LogP contribution in [0.4, 0.5) is 5.69 Å². The molecular formula is C32H40ClN3O4S. The summed E-state index contributed by atoms with van der Waals surface area (Å²) in [7, 11) is -4.17. The molecule has 9 heteroatoms. The highest BCUT2D eigenvalue weighted by Crippen LogP contribution is 2.30. The molecule has 0 saturated heterocycles. The second-order valence-corrected chi connectivity index (χ2v) is 12.7. The molecule has 2 atom stereocenters. The molecule has 7 nitrogen and oxygen atoms in total. The maximum absolute atomic E-state index is 14.2. The van der Waals surface area contributed by atoms with E-state index in [-0.39, 0.29) is 23.4 Å². The van der Waals surface area contributed by atoms with Gasteiger partial charge in [-0.15, -0.1) is 0 Å². The first-order chi connectivity index (χ1) is 19.4. The number of rotatable bonds is 12. The highest BCUT2D eigenvalue weighted by Gasteiger charge is 2.34. The molecule has 0 aromatic heterocycles. The Morgan fingerprint density at radius 1 is 0.902 bits per heavy atom. The van der Waals surface area contributed by atoms with Crippen molar-refractivity contribution in [3.8, 4) is 0 Å². The Bertz CT molecular complexity index is 1470. The van der Waals surface area contributed by atoms with Crippen LogP contribution in [0.5, 0.6) is 0 Å². The molecule has 2 amide bonds. The summed E-state index contributed by atoms with van der Waals surface area (Å²) >= 11 is 6.31. The lowest BCUT2D eigenvalue weighted by molar-refractivity contribution is -0.140. The van der Waals surface area contributed by atoms with Crippen molar-refractivity contribution in [1.82, 2.24) is 10.2 Å². The molecule has 0 unspecified atom stereocenters. The number of aryl methyl sites for hydroxylation is 3. The number of halogens is 1. The van der Waals surface area contributed by atoms with Gasteiger partial charge in [-0.1, -0.05) is 73.5 Å². The molecule has 0 radical (unpaired) electrons. The van der Waals surface area contributed by atoms with Crippen molar-refractivity contribution in [3.63, 3.8) is 0 Å². The molecule has 0 bridgehead atoms. The van der Waals surface area contributed by atoms with Crippen LogP contribution in [0.15, 0.2) is 71.6 Å². The second kappa shape index (κ2) is 14.0. The lowest BCUT2D eigenvalue weighted by Gasteiger charge is -2.34. The monoisotopic (exact) mass is 597 g/mol. The van der Waals surface area contributed by atoms with E-state index in [1.807, 2.05) is 58.9 Å². The number of amides is 2. The zero-order chi connectivity index (χ0) is 30.3. The Hall–Kier alpha value is -3.36. The average molecular weight is 598 g/mol. The number of carbonyl (C=O) groups is 2. The molecule has 41 heavy (non-hydrogen) atoms. The van der Waals surface area contributed by atoms with Gasteiger partial charge in [-0.25, -0.2) is 8.42 Å². The molecule has 220 valence electrons. The van der Waals surface area contributed by atoms with E-state index in [0.717, 1.165) is 27.4 Å². The minimum absolute atomic E-state index is 0.0577. The highest BCUT2D eigenvalue weighted by molar-refractivity contribution is 7.92. The minimum Gasteiger partial charge on any atom is -0.352 e. The van der Waals surface area contributed by atoms with Crippen LogP contribution >= 0.6 is 11.6 Å². The number of nitrogens with zero attached hydrogens (tertiary/aromatic N) is 2. The smallest absolute Gasteiger partial charge is 0.264 e. The summed E-state index contributed by atoms with van der Waals surface area (Å²) < 4.78 is 29.2. The van der Waals surface area contributed by atoms with Crippen LogP contribution in [0.25, 0.3) is 0 Å². The average Bonchev–Trinajstić information content (AvgIpc) is 2.94. The van der Waals surface area contributed by atoms with Crippen molar-refractivity contribution in [2.75, 3.05) is 10.8 Å². The van der Waals surface area contributed by atoms with Crippen LogP contribution < -0.4 is 9.62 Å². The van der Waals surface area contributed by atoms with Crippen LogP contribution in [-0.2, 0) is 26.2 Å². The predicted molar refractivity (Wildman–Crippen MR) is 166 cm³/mol. The van der Waals surface area contributed by atoms with Crippen LogP contribution in [0.2, 0.25) is 5.02 Å². The van der Waals surface area contributed by atoms with Gasteiger partial charge in [0.15, 0.2) is 0 Å². The lowest BCUT2D eigenvalue weighted by atomic mass is 10.1. The van der Waals surface area contributed by atoms with Gasteiger partial charge in [-0.2, -0.15) is 0 Å². The molecule has 3 aromatic carbocycles. The zero-order valence-corrected chi connectivity index (χ0v) is 26.2. The van der Waals surface area contributed by atoms with E-state index < -0.39 is 28.5 Å². The number of benzene rings is 3. The van der Waals surface area contributed by atoms with E-state index in [4.69, 9.17) is 11.6 Å². The molecule has 0 aliphatic carbocycles. The number of carbonyl (C=O) groups excluding carboxylic acids is 2. The number of hydrogen-bond donors (Lipinski definition) is 1. The third kappa shape index (κ3) is 7.89. The fourth-order valence-electron chi connectivity index (χ4n) is 4.53. The molecule has 0 spiro atoms. The number of hydrogen-bond acceptors (Lipinski definition) is 4. The number of anilines is 1. The van der Waals surface area contributed by atoms with Gasteiger partial charge in [-0.3, -0.25) is 13.9 Å². The molecule has 0 heterocycles. The van der Waals surface area contributed by atoms with E-state index in [0.29, 0.717) is 22.7 Å². The molecule has 1 N–H and O–H groups in total. The van der Waals surface area contributed by atoms with Gasteiger partial charge in [0.1, 0.15) is 12.6 Å². The van der Waals surface area contributed by atoms with Gasteiger partial charge in [0, 0.05) is 17.6 Å². The van der Waals surface area contributed by atoms with Gasteiger partial charge in [0.2, 0.25) is 11.8 Å². The Kier molecular flexibility index (Phi) is 11.0. The van der Waals surface area contributed by atoms with Crippen molar-refractivity contribution >= 4 is 39.1 Å². The standard InChI is InChI=1S/C32H40ClN3O4S/c1-7-25(6)34-32(38)29(8-2)35(20-26-12-10-9-11-23(26)4)31(37)21-36(30-19-27(33)16-15-24(30)5)41(39,40)28-17-13-22(3)14-18-28/h9-19,25,29H,7-8,20-21H2,1-6H3,(H,34,38)/t25-,29+/m1/s1. The summed E-state index contributed by atoms with van der Waals surface area (Å²) in [5, 5.41) is 3.34. The minimum atomic E-state index is -4.17. The maximum Gasteiger partial charge on any atom is 0.264 e. The van der Waals surface area contributed by atoms with Crippen LogP contribution in [-0.4, -0.2) is 43.8 Å². The fourth-order valence-corrected chi connectivity index (χ4v) is 6.17. The molecule has 3 rings (SSSR count). The van der Waals surface area contributed by atoms with E-state index in [1.54, 1.807) is 37.3 Å². The van der Waals surface area contributed by atoms with Gasteiger partial charge < -0.3 is 10.2 Å². The summed E-state index contributed by atoms with van der Waals surface area (Å²) in [5.74, 6) is -0.759. The molecule has 0 fully saturated rings. The number of nitrogens with one attached hydrogen (secondary N) is 1. The molecule has 3 aromatic rings. The van der Waals surface area contributed by atoms with Crippen molar-refractivity contribution in [1.29, 1.82) is 0 Å². The Morgan fingerprint density at radius 3 is 2.17 bits per heavy atom. The van der Waals surface area contributed by atoms with Gasteiger partial charge in [0.25, 0.3) is 10.0 Å². The van der Waals surface area contributed by atoms with Gasteiger partial charge >= 0.3 is 0 Å². The van der Waals surface area contributed by atoms with E-state index in [2.05, 4.69) is 5.32 Å². The first kappa shape index (κ1) is 32.2. The molecule has 0 aliphatic rings. The van der Waals surface area contributed by atoms with Crippen molar-refractivity contribution < 1.29 is 18.0 Å². The largest absolute Gasteiger partial charge is 0.352 e. The summed E-state index contributed by atoms with van der Waals surface area (Å²) in [6.07, 6.45) is 1.10. The maximum atomic E-state index is 14.2. The second-order valence-electron chi connectivity index (χ2n) is 10.4. The Labute approximate surface area is 249 Å². The molecule has 0 saturated carbocycles. The summed E-state index contributed by atoms with van der Waals surface area (Å²) in [6.45, 7) is 11.0. The van der Waals surface area contributed by atoms with Crippen LogP contribution in [0.1, 0.15) is 55.9 Å². The summed E-state index contributed by atoms with van der Waals surface area (Å²) in [5.41, 5.74) is 3.71. The third-order valence-corrected chi connectivity index (χ3v) is 9.33. The molecular weight excluding hydrogens is 558 g/mol. The first-order valence-electron chi connectivity index (χ1n) is 13.9. The molecule has 0 aliphatic heterocycles. The Morgan fingerprint density at radius 2 is 1.56 bits per heavy atom. The topological polar surface area (TPSA) is 86.8 Å². The Balaban J connectivity index is 2.11. The van der Waals surface area contributed by atoms with Crippen LogP contribution in [0, 0.1) is 20.8 Å². The fraction of sp³-hybridized carbons (Fsp3) is 0.375. The third-order valence-electron chi connectivity index (χ3n) is 7.32. The summed E-state index contributed by atoms with van der Waals surface area (Å²) in [4.78, 5) is 29.2. The normalized spacial score (nSPS) is 12.9. The van der Waals surface area contributed by atoms with Crippen molar-refractivity contribution in [2.24, 2.45) is 0 Å². The zero-order valence-electron chi connectivity index (χ0n) is 24.6. The first-order valence-corrected chi connectivity index (χ1v) is 15.7. The van der Waals surface area contributed by atoms with Crippen LogP contribution in [0.3, 0.4) is 0 Å². The van der Waals surface area contributed by atoms with Gasteiger partial charge in [0.05, 0.1) is 10.6 Å². The van der Waals surface area contributed by atoms with E-state index >= 15 is 0 Å². The number of sulfonamides is 1. The lowest BCUT2D eigenvalue weighted by Crippen LogP contribution is -2.53. The van der Waals surface area contributed by atoms with Crippen molar-refractivity contribution in [3.05, 3.63) is 94.0 Å². The quantitative estimate of drug-likeness (QED) is 0.270. The SMILES string of the molecule is CC[C@@H](C)NC(=O)[C@H](CC)N(Cc1ccccc1C)C(=O)CN(c1cc(Cl)ccc1C)S(=O)(=O)c1ccc(C)cc1. The summed E-state index contributed by atoms with van der Waals surface area (Å²) in [6, 6.07) is 18.2.